The molecule has 0 bridgehead atoms. The number of carbonyl (C=O) groups excluding carboxylic acids is 2. The smallest absolute Gasteiger partial charge is 0.327 e. The Balaban J connectivity index is 1.53. The standard InChI is InChI=1S/C19H19N5O4/c1-23-17-14(9-21-23)19(27)24(11-20-17)10-15(25)28-16(12-5-3-2-4-6-12)18(26)22-13-7-8-13/h2-6,9,11,13,16H,7-8,10H2,1H3,(H,22,26). The minimum absolute atomic E-state index is 0.136. The Morgan fingerprint density at radius 1 is 1.29 bits per heavy atom. The van der Waals surface area contributed by atoms with Gasteiger partial charge in [0.15, 0.2) is 5.65 Å². The highest BCUT2D eigenvalue weighted by Crippen LogP contribution is 2.23. The topological polar surface area (TPSA) is 108 Å². The van der Waals surface area contributed by atoms with Crippen LogP contribution in [0.5, 0.6) is 0 Å². The summed E-state index contributed by atoms with van der Waals surface area (Å²) >= 11 is 0. The van der Waals surface area contributed by atoms with E-state index in [2.05, 4.69) is 15.4 Å². The highest BCUT2D eigenvalue weighted by molar-refractivity contribution is 5.85. The Morgan fingerprint density at radius 3 is 2.75 bits per heavy atom. The number of fused-ring (bicyclic) bond motifs is 1. The predicted molar refractivity (Wildman–Crippen MR) is 99.2 cm³/mol. The zero-order valence-electron chi connectivity index (χ0n) is 15.2. The number of amides is 1. The van der Waals surface area contributed by atoms with Crippen molar-refractivity contribution in [3.05, 3.63) is 58.8 Å². The maximum atomic E-state index is 12.5. The number of benzene rings is 1. The van der Waals surface area contributed by atoms with Gasteiger partial charge in [0.1, 0.15) is 18.3 Å². The minimum Gasteiger partial charge on any atom is -0.446 e. The Bertz CT molecular complexity index is 1080. The van der Waals surface area contributed by atoms with Gasteiger partial charge in [0, 0.05) is 18.7 Å². The predicted octanol–water partition coefficient (Wildman–Crippen LogP) is 0.693. The summed E-state index contributed by atoms with van der Waals surface area (Å²) in [7, 11) is 1.68. The van der Waals surface area contributed by atoms with Gasteiger partial charge >= 0.3 is 5.97 Å². The summed E-state index contributed by atoms with van der Waals surface area (Å²) in [5, 5.41) is 7.15. The first kappa shape index (κ1) is 17.9. The van der Waals surface area contributed by atoms with Crippen LogP contribution in [0.1, 0.15) is 24.5 Å². The van der Waals surface area contributed by atoms with Gasteiger partial charge in [-0.15, -0.1) is 0 Å². The van der Waals surface area contributed by atoms with Crippen molar-refractivity contribution in [1.82, 2.24) is 24.6 Å². The molecule has 2 aromatic heterocycles. The molecule has 1 aromatic carbocycles. The third-order valence-corrected chi connectivity index (χ3v) is 4.53. The third kappa shape index (κ3) is 3.64. The molecule has 1 saturated carbocycles. The van der Waals surface area contributed by atoms with Gasteiger partial charge in [0.05, 0.1) is 6.20 Å². The first-order valence-electron chi connectivity index (χ1n) is 8.95. The molecule has 9 heteroatoms. The van der Waals surface area contributed by atoms with Crippen molar-refractivity contribution in [2.24, 2.45) is 7.05 Å². The second kappa shape index (κ2) is 7.26. The molecule has 1 amide bonds. The van der Waals surface area contributed by atoms with Crippen LogP contribution in [0.15, 0.2) is 47.7 Å². The molecular weight excluding hydrogens is 362 g/mol. The molecule has 144 valence electrons. The van der Waals surface area contributed by atoms with Crippen LogP contribution in [0.2, 0.25) is 0 Å². The summed E-state index contributed by atoms with van der Waals surface area (Å²) in [5.41, 5.74) is 0.608. The molecule has 0 saturated heterocycles. The molecule has 4 rings (SSSR count). The van der Waals surface area contributed by atoms with E-state index in [4.69, 9.17) is 4.74 Å². The lowest BCUT2D eigenvalue weighted by atomic mass is 10.1. The van der Waals surface area contributed by atoms with E-state index in [9.17, 15) is 14.4 Å². The van der Waals surface area contributed by atoms with Crippen molar-refractivity contribution in [3.8, 4) is 0 Å². The highest BCUT2D eigenvalue weighted by atomic mass is 16.5. The largest absolute Gasteiger partial charge is 0.446 e. The maximum Gasteiger partial charge on any atom is 0.327 e. The lowest BCUT2D eigenvalue weighted by molar-refractivity contribution is -0.157. The minimum atomic E-state index is -1.07. The zero-order valence-corrected chi connectivity index (χ0v) is 15.2. The molecule has 9 nitrogen and oxygen atoms in total. The first-order chi connectivity index (χ1) is 13.5. The van der Waals surface area contributed by atoms with Crippen LogP contribution < -0.4 is 10.9 Å². The molecule has 1 atom stereocenters. The lowest BCUT2D eigenvalue weighted by Gasteiger charge is -2.18. The summed E-state index contributed by atoms with van der Waals surface area (Å²) in [6.45, 7) is -0.350. The Hall–Kier alpha value is -3.49. The van der Waals surface area contributed by atoms with E-state index in [0.717, 1.165) is 17.4 Å². The van der Waals surface area contributed by atoms with Crippen LogP contribution in [0.3, 0.4) is 0 Å². The quantitative estimate of drug-likeness (QED) is 0.630. The van der Waals surface area contributed by atoms with Crippen LogP contribution >= 0.6 is 0 Å². The summed E-state index contributed by atoms with van der Waals surface area (Å²) in [6, 6.07) is 8.93. The van der Waals surface area contributed by atoms with Gasteiger partial charge in [0.25, 0.3) is 11.5 Å². The highest BCUT2D eigenvalue weighted by Gasteiger charge is 2.30. The van der Waals surface area contributed by atoms with Gasteiger partial charge in [0.2, 0.25) is 6.10 Å². The SMILES string of the molecule is Cn1ncc2c(=O)n(CC(=O)OC(C(=O)NC3CC3)c3ccccc3)cnc21. The van der Waals surface area contributed by atoms with Crippen LogP contribution in [-0.2, 0) is 27.9 Å². The summed E-state index contributed by atoms with van der Waals surface area (Å²) in [5.74, 6) is -1.07. The number of aryl methyl sites for hydroxylation is 1. The fourth-order valence-corrected chi connectivity index (χ4v) is 2.89. The van der Waals surface area contributed by atoms with Gasteiger partial charge in [-0.3, -0.25) is 23.6 Å². The number of hydrogen-bond acceptors (Lipinski definition) is 6. The lowest BCUT2D eigenvalue weighted by Crippen LogP contribution is -2.35. The van der Waals surface area contributed by atoms with E-state index in [0.29, 0.717) is 16.6 Å². The summed E-state index contributed by atoms with van der Waals surface area (Å²) in [6.07, 6.45) is 3.46. The van der Waals surface area contributed by atoms with Crippen molar-refractivity contribution in [2.45, 2.75) is 31.5 Å². The zero-order chi connectivity index (χ0) is 19.7. The number of aromatic nitrogens is 4. The number of hydrogen-bond donors (Lipinski definition) is 1. The van der Waals surface area contributed by atoms with E-state index in [-0.39, 0.29) is 18.5 Å². The maximum absolute atomic E-state index is 12.5. The van der Waals surface area contributed by atoms with Crippen LogP contribution in [-0.4, -0.2) is 37.2 Å². The van der Waals surface area contributed by atoms with Gasteiger partial charge in [-0.2, -0.15) is 5.10 Å². The van der Waals surface area contributed by atoms with Crippen molar-refractivity contribution < 1.29 is 14.3 Å². The summed E-state index contributed by atoms with van der Waals surface area (Å²) in [4.78, 5) is 41.7. The Morgan fingerprint density at radius 2 is 2.04 bits per heavy atom. The van der Waals surface area contributed by atoms with Crippen molar-refractivity contribution in [2.75, 3.05) is 0 Å². The Labute approximate surface area is 159 Å². The molecule has 1 aliphatic carbocycles. The second-order valence-electron chi connectivity index (χ2n) is 6.75. The van der Waals surface area contributed by atoms with Crippen LogP contribution in [0.25, 0.3) is 11.0 Å². The summed E-state index contributed by atoms with van der Waals surface area (Å²) < 4.78 is 8.07. The molecule has 0 spiro atoms. The third-order valence-electron chi connectivity index (χ3n) is 4.53. The van der Waals surface area contributed by atoms with E-state index in [1.807, 2.05) is 6.07 Å². The molecule has 1 N–H and O–H groups in total. The van der Waals surface area contributed by atoms with Crippen molar-refractivity contribution >= 4 is 22.9 Å². The molecule has 1 unspecified atom stereocenters. The molecule has 3 aromatic rings. The Kier molecular flexibility index (Phi) is 4.64. The van der Waals surface area contributed by atoms with E-state index in [1.165, 1.54) is 17.2 Å². The molecular formula is C19H19N5O4. The van der Waals surface area contributed by atoms with Gasteiger partial charge in [-0.1, -0.05) is 30.3 Å². The van der Waals surface area contributed by atoms with Gasteiger partial charge in [-0.05, 0) is 12.8 Å². The number of carbonyl (C=O) groups is 2. The second-order valence-corrected chi connectivity index (χ2v) is 6.75. The number of nitrogens with zero attached hydrogens (tertiary/aromatic N) is 4. The molecule has 0 aliphatic heterocycles. The van der Waals surface area contributed by atoms with Gasteiger partial charge in [-0.25, -0.2) is 4.98 Å². The first-order valence-corrected chi connectivity index (χ1v) is 8.95. The monoisotopic (exact) mass is 381 g/mol. The van der Waals surface area contributed by atoms with Gasteiger partial charge < -0.3 is 10.1 Å². The number of esters is 1. The van der Waals surface area contributed by atoms with E-state index < -0.39 is 17.6 Å². The number of nitrogens with one attached hydrogen (secondary N) is 1. The van der Waals surface area contributed by atoms with Crippen molar-refractivity contribution in [1.29, 1.82) is 0 Å². The van der Waals surface area contributed by atoms with Crippen molar-refractivity contribution in [3.63, 3.8) is 0 Å². The number of rotatable bonds is 6. The molecule has 1 aliphatic rings. The van der Waals surface area contributed by atoms with E-state index >= 15 is 0 Å². The van der Waals surface area contributed by atoms with Crippen LogP contribution in [0.4, 0.5) is 0 Å². The molecule has 1 fully saturated rings. The number of ether oxygens (including phenoxy) is 1. The normalized spacial score (nSPS) is 14.6. The fraction of sp³-hybridized carbons (Fsp3) is 0.316. The van der Waals surface area contributed by atoms with E-state index in [1.54, 1.807) is 31.3 Å². The van der Waals surface area contributed by atoms with Crippen LogP contribution in [0, 0.1) is 0 Å². The average Bonchev–Trinajstić information content (AvgIpc) is 3.43. The fourth-order valence-electron chi connectivity index (χ4n) is 2.89. The molecule has 0 radical (unpaired) electrons. The molecule has 28 heavy (non-hydrogen) atoms. The average molecular weight is 381 g/mol. The molecule has 2 heterocycles.